The number of nitrogens with one attached hydrogen (secondary N) is 2. The van der Waals surface area contributed by atoms with Gasteiger partial charge in [0.2, 0.25) is 5.56 Å². The smallest absolute Gasteiger partial charge is 0.250 e. The number of halogens is 1. The summed E-state index contributed by atoms with van der Waals surface area (Å²) in [4.78, 5) is 16.1. The van der Waals surface area contributed by atoms with Crippen LogP contribution in [0.25, 0.3) is 0 Å². The highest BCUT2D eigenvalue weighted by molar-refractivity contribution is 14.0. The summed E-state index contributed by atoms with van der Waals surface area (Å²) in [6, 6.07) is 5.24. The molecule has 0 aliphatic carbocycles. The Morgan fingerprint density at radius 3 is 2.73 bits per heavy atom. The van der Waals surface area contributed by atoms with Gasteiger partial charge in [-0.15, -0.1) is 24.0 Å². The molecule has 2 N–H and O–H groups in total. The Morgan fingerprint density at radius 2 is 2.00 bits per heavy atom. The summed E-state index contributed by atoms with van der Waals surface area (Å²) < 4.78 is 12.1. The molecule has 0 aromatic carbocycles. The van der Waals surface area contributed by atoms with Crippen molar-refractivity contribution in [2.45, 2.75) is 32.7 Å². The molecule has 150 valence electrons. The first-order chi connectivity index (χ1) is 12.3. The van der Waals surface area contributed by atoms with Crippen LogP contribution >= 0.6 is 24.0 Å². The molecule has 1 rings (SSSR count). The van der Waals surface area contributed by atoms with E-state index in [2.05, 4.69) is 15.6 Å². The highest BCUT2D eigenvalue weighted by atomic mass is 127. The maximum atomic E-state index is 11.6. The minimum absolute atomic E-state index is 0. The van der Waals surface area contributed by atoms with Crippen LogP contribution in [0.3, 0.4) is 0 Å². The van der Waals surface area contributed by atoms with Crippen molar-refractivity contribution in [2.24, 2.45) is 4.99 Å². The normalized spacial score (nSPS) is 11.1. The van der Waals surface area contributed by atoms with Crippen LogP contribution in [-0.2, 0) is 16.0 Å². The van der Waals surface area contributed by atoms with Crippen molar-refractivity contribution >= 4 is 29.9 Å². The Hall–Kier alpha value is -1.13. The standard InChI is InChI=1S/C18H32N4O3.HI/c1-3-19-18(21-11-8-14-25-16-15-24-2)20-10-5-7-13-22-12-6-4-9-17(22)23;/h4,6,9,12H,3,5,7-8,10-11,13-16H2,1-2H3,(H2,19,20,21);1H. The van der Waals surface area contributed by atoms with Gasteiger partial charge in [0.15, 0.2) is 5.96 Å². The van der Waals surface area contributed by atoms with Crippen molar-refractivity contribution in [1.29, 1.82) is 0 Å². The molecule has 0 saturated carbocycles. The van der Waals surface area contributed by atoms with Crippen molar-refractivity contribution in [3.63, 3.8) is 0 Å². The zero-order chi connectivity index (χ0) is 18.2. The van der Waals surface area contributed by atoms with E-state index in [1.54, 1.807) is 23.8 Å². The summed E-state index contributed by atoms with van der Waals surface area (Å²) in [5, 5.41) is 6.56. The summed E-state index contributed by atoms with van der Waals surface area (Å²) in [5.74, 6) is 0.830. The van der Waals surface area contributed by atoms with Gasteiger partial charge in [-0.05, 0) is 32.3 Å². The second-order valence-electron chi connectivity index (χ2n) is 5.59. The molecule has 0 amide bonds. The lowest BCUT2D eigenvalue weighted by Crippen LogP contribution is -2.38. The van der Waals surface area contributed by atoms with Crippen molar-refractivity contribution in [3.8, 4) is 0 Å². The number of pyridine rings is 1. The highest BCUT2D eigenvalue weighted by Crippen LogP contribution is 1.92. The number of hydrogen-bond donors (Lipinski definition) is 2. The zero-order valence-electron chi connectivity index (χ0n) is 15.9. The summed E-state index contributed by atoms with van der Waals surface area (Å²) in [6.45, 7) is 7.12. The fourth-order valence-corrected chi connectivity index (χ4v) is 2.20. The highest BCUT2D eigenvalue weighted by Gasteiger charge is 1.98. The molecule has 0 aliphatic rings. The minimum atomic E-state index is 0. The average molecular weight is 480 g/mol. The predicted molar refractivity (Wildman–Crippen MR) is 117 cm³/mol. The summed E-state index contributed by atoms with van der Waals surface area (Å²) in [7, 11) is 1.67. The molecule has 0 fully saturated rings. The lowest BCUT2D eigenvalue weighted by molar-refractivity contribution is 0.0702. The number of ether oxygens (including phenoxy) is 2. The number of methoxy groups -OCH3 is 1. The molecular formula is C18H33IN4O3. The van der Waals surface area contributed by atoms with Crippen LogP contribution in [0.2, 0.25) is 0 Å². The molecule has 0 unspecified atom stereocenters. The van der Waals surface area contributed by atoms with Gasteiger partial charge in [0.25, 0.3) is 0 Å². The van der Waals surface area contributed by atoms with Gasteiger partial charge in [-0.25, -0.2) is 0 Å². The lowest BCUT2D eigenvalue weighted by atomic mass is 10.3. The Labute approximate surface area is 173 Å². The minimum Gasteiger partial charge on any atom is -0.382 e. The van der Waals surface area contributed by atoms with Gasteiger partial charge in [-0.1, -0.05) is 6.07 Å². The van der Waals surface area contributed by atoms with Gasteiger partial charge >= 0.3 is 0 Å². The summed E-state index contributed by atoms with van der Waals surface area (Å²) >= 11 is 0. The Bertz CT molecular complexity index is 537. The second kappa shape index (κ2) is 17.3. The van der Waals surface area contributed by atoms with Crippen LogP contribution in [0.4, 0.5) is 0 Å². The number of rotatable bonds is 13. The van der Waals surface area contributed by atoms with Crippen molar-refractivity contribution < 1.29 is 9.47 Å². The van der Waals surface area contributed by atoms with E-state index in [1.807, 2.05) is 19.2 Å². The monoisotopic (exact) mass is 480 g/mol. The first-order valence-electron chi connectivity index (χ1n) is 9.02. The molecule has 0 radical (unpaired) electrons. The molecule has 1 aromatic heterocycles. The van der Waals surface area contributed by atoms with Crippen LogP contribution in [-0.4, -0.2) is 57.1 Å². The number of unbranched alkanes of at least 4 members (excludes halogenated alkanes) is 1. The number of aliphatic imine (C=N–C) groups is 1. The number of aryl methyl sites for hydroxylation is 1. The van der Waals surface area contributed by atoms with Crippen LogP contribution < -0.4 is 16.2 Å². The largest absolute Gasteiger partial charge is 0.382 e. The van der Waals surface area contributed by atoms with E-state index in [1.165, 1.54) is 0 Å². The molecule has 0 atom stereocenters. The van der Waals surface area contributed by atoms with Gasteiger partial charge in [0, 0.05) is 52.2 Å². The predicted octanol–water partition coefficient (Wildman–Crippen LogP) is 1.85. The number of nitrogens with zero attached hydrogens (tertiary/aromatic N) is 2. The summed E-state index contributed by atoms with van der Waals surface area (Å²) in [5.41, 5.74) is 0.0538. The molecule has 1 aromatic rings. The maximum absolute atomic E-state index is 11.6. The van der Waals surface area contributed by atoms with Crippen LogP contribution in [0.15, 0.2) is 34.2 Å². The molecule has 8 heteroatoms. The Kier molecular flexibility index (Phi) is 16.5. The van der Waals surface area contributed by atoms with Crippen molar-refractivity contribution in [3.05, 3.63) is 34.7 Å². The molecule has 0 saturated heterocycles. The van der Waals surface area contributed by atoms with Crippen LogP contribution in [0.1, 0.15) is 26.2 Å². The molecule has 0 bridgehead atoms. The van der Waals surface area contributed by atoms with E-state index in [0.717, 1.165) is 51.4 Å². The zero-order valence-corrected chi connectivity index (χ0v) is 18.2. The first-order valence-corrected chi connectivity index (χ1v) is 9.02. The van der Waals surface area contributed by atoms with E-state index in [0.29, 0.717) is 19.8 Å². The molecule has 0 aliphatic heterocycles. The average Bonchev–Trinajstić information content (AvgIpc) is 2.62. The van der Waals surface area contributed by atoms with E-state index in [9.17, 15) is 4.79 Å². The van der Waals surface area contributed by atoms with Crippen molar-refractivity contribution in [1.82, 2.24) is 15.2 Å². The second-order valence-corrected chi connectivity index (χ2v) is 5.59. The quantitative estimate of drug-likeness (QED) is 0.195. The number of guanidine groups is 1. The van der Waals surface area contributed by atoms with Gasteiger partial charge < -0.3 is 24.7 Å². The third-order valence-electron chi connectivity index (χ3n) is 3.51. The molecular weight excluding hydrogens is 447 g/mol. The Balaban J connectivity index is 0.00000625. The van der Waals surface area contributed by atoms with Gasteiger partial charge in [0.05, 0.1) is 13.2 Å². The van der Waals surface area contributed by atoms with E-state index < -0.39 is 0 Å². The first kappa shape index (κ1) is 24.9. The SMILES string of the molecule is CCNC(=NCCCOCCOC)NCCCCn1ccccc1=O.I. The van der Waals surface area contributed by atoms with E-state index >= 15 is 0 Å². The summed E-state index contributed by atoms with van der Waals surface area (Å²) in [6.07, 6.45) is 4.64. The topological polar surface area (TPSA) is 76.9 Å². The molecule has 7 nitrogen and oxygen atoms in total. The number of hydrogen-bond acceptors (Lipinski definition) is 4. The number of aromatic nitrogens is 1. The fraction of sp³-hybridized carbons (Fsp3) is 0.667. The van der Waals surface area contributed by atoms with Crippen LogP contribution in [0.5, 0.6) is 0 Å². The fourth-order valence-electron chi connectivity index (χ4n) is 2.20. The lowest BCUT2D eigenvalue weighted by Gasteiger charge is -2.11. The van der Waals surface area contributed by atoms with E-state index in [-0.39, 0.29) is 29.5 Å². The van der Waals surface area contributed by atoms with Crippen LogP contribution in [0, 0.1) is 0 Å². The van der Waals surface area contributed by atoms with Gasteiger partial charge in [-0.2, -0.15) is 0 Å². The van der Waals surface area contributed by atoms with E-state index in [4.69, 9.17) is 9.47 Å². The third kappa shape index (κ3) is 12.3. The van der Waals surface area contributed by atoms with Gasteiger partial charge in [0.1, 0.15) is 0 Å². The molecule has 0 spiro atoms. The Morgan fingerprint density at radius 1 is 1.15 bits per heavy atom. The third-order valence-corrected chi connectivity index (χ3v) is 3.51. The van der Waals surface area contributed by atoms with Gasteiger partial charge in [-0.3, -0.25) is 9.79 Å². The molecule has 1 heterocycles. The maximum Gasteiger partial charge on any atom is 0.250 e. The molecule has 26 heavy (non-hydrogen) atoms. The van der Waals surface area contributed by atoms with Crippen molar-refractivity contribution in [2.75, 3.05) is 46.6 Å².